The van der Waals surface area contributed by atoms with Crippen LogP contribution in [0.2, 0.25) is 0 Å². The molecule has 2 unspecified atom stereocenters. The molecule has 1 amide bonds. The van der Waals surface area contributed by atoms with Gasteiger partial charge in [-0.15, -0.1) is 11.8 Å². The summed E-state index contributed by atoms with van der Waals surface area (Å²) in [5.74, 6) is 2.11. The lowest BCUT2D eigenvalue weighted by Gasteiger charge is -2.37. The van der Waals surface area contributed by atoms with Crippen LogP contribution in [0, 0.1) is 0 Å². The molecule has 13 heavy (non-hydrogen) atoms. The molecule has 3 nitrogen and oxygen atoms in total. The first-order chi connectivity index (χ1) is 6.29. The van der Waals surface area contributed by atoms with Crippen LogP contribution in [0.3, 0.4) is 0 Å². The molecule has 0 aromatic heterocycles. The molecule has 0 radical (unpaired) electrons. The SMILES string of the molecule is CC1CSCC(=O)N1C1CCNC1. The van der Waals surface area contributed by atoms with Crippen molar-refractivity contribution >= 4 is 17.7 Å². The molecule has 2 heterocycles. The van der Waals surface area contributed by atoms with Gasteiger partial charge in [0.05, 0.1) is 5.75 Å². The monoisotopic (exact) mass is 200 g/mol. The van der Waals surface area contributed by atoms with E-state index in [4.69, 9.17) is 0 Å². The second kappa shape index (κ2) is 3.88. The third-order valence-electron chi connectivity index (χ3n) is 2.78. The van der Waals surface area contributed by atoms with Gasteiger partial charge in [-0.25, -0.2) is 0 Å². The van der Waals surface area contributed by atoms with Gasteiger partial charge in [-0.2, -0.15) is 0 Å². The van der Waals surface area contributed by atoms with Gasteiger partial charge in [0, 0.05) is 24.4 Å². The molecule has 0 spiro atoms. The molecule has 2 atom stereocenters. The molecule has 2 saturated heterocycles. The van der Waals surface area contributed by atoms with Gasteiger partial charge in [-0.3, -0.25) is 4.79 Å². The zero-order valence-corrected chi connectivity index (χ0v) is 8.77. The minimum Gasteiger partial charge on any atom is -0.334 e. The third kappa shape index (κ3) is 1.83. The molecule has 0 aromatic carbocycles. The van der Waals surface area contributed by atoms with E-state index in [-0.39, 0.29) is 0 Å². The number of rotatable bonds is 1. The maximum Gasteiger partial charge on any atom is 0.233 e. The lowest BCUT2D eigenvalue weighted by Crippen LogP contribution is -2.51. The van der Waals surface area contributed by atoms with Crippen molar-refractivity contribution in [3.05, 3.63) is 0 Å². The summed E-state index contributed by atoms with van der Waals surface area (Å²) < 4.78 is 0. The molecular formula is C9H16N2OS. The Morgan fingerprint density at radius 2 is 2.46 bits per heavy atom. The fourth-order valence-corrected chi connectivity index (χ4v) is 3.10. The van der Waals surface area contributed by atoms with Crippen LogP contribution in [0.1, 0.15) is 13.3 Å². The largest absolute Gasteiger partial charge is 0.334 e. The van der Waals surface area contributed by atoms with Crippen molar-refractivity contribution in [1.29, 1.82) is 0 Å². The summed E-state index contributed by atoms with van der Waals surface area (Å²) in [6.07, 6.45) is 1.13. The van der Waals surface area contributed by atoms with Crippen LogP contribution < -0.4 is 5.32 Å². The number of hydrogen-bond donors (Lipinski definition) is 1. The van der Waals surface area contributed by atoms with E-state index in [9.17, 15) is 4.79 Å². The van der Waals surface area contributed by atoms with Crippen LogP contribution in [0.15, 0.2) is 0 Å². The molecule has 2 aliphatic rings. The lowest BCUT2D eigenvalue weighted by molar-refractivity contribution is -0.132. The summed E-state index contributed by atoms with van der Waals surface area (Å²) in [6.45, 7) is 4.21. The third-order valence-corrected chi connectivity index (χ3v) is 3.94. The first-order valence-electron chi connectivity index (χ1n) is 4.88. The van der Waals surface area contributed by atoms with E-state index in [0.29, 0.717) is 23.7 Å². The Labute approximate surface area is 83.2 Å². The first kappa shape index (κ1) is 9.34. The molecule has 74 valence electrons. The standard InChI is InChI=1S/C9H16N2OS/c1-7-5-13-6-9(12)11(7)8-2-3-10-4-8/h7-8,10H,2-6H2,1H3. The van der Waals surface area contributed by atoms with E-state index in [0.717, 1.165) is 25.3 Å². The second-order valence-corrected chi connectivity index (χ2v) is 4.84. The van der Waals surface area contributed by atoms with E-state index >= 15 is 0 Å². The topological polar surface area (TPSA) is 32.3 Å². The first-order valence-corrected chi connectivity index (χ1v) is 6.04. The van der Waals surface area contributed by atoms with Crippen molar-refractivity contribution in [2.45, 2.75) is 25.4 Å². The molecular weight excluding hydrogens is 184 g/mol. The summed E-state index contributed by atoms with van der Waals surface area (Å²) >= 11 is 1.76. The Balaban J connectivity index is 2.04. The van der Waals surface area contributed by atoms with Crippen LogP contribution in [-0.4, -0.2) is 47.5 Å². The van der Waals surface area contributed by atoms with Crippen molar-refractivity contribution in [2.75, 3.05) is 24.6 Å². The Morgan fingerprint density at radius 1 is 1.62 bits per heavy atom. The van der Waals surface area contributed by atoms with Gasteiger partial charge in [0.1, 0.15) is 0 Å². The van der Waals surface area contributed by atoms with Gasteiger partial charge in [0.2, 0.25) is 5.91 Å². The molecule has 0 bridgehead atoms. The highest BCUT2D eigenvalue weighted by Crippen LogP contribution is 2.22. The number of amides is 1. The fourth-order valence-electron chi connectivity index (χ4n) is 2.16. The summed E-state index contributed by atoms with van der Waals surface area (Å²) in [6, 6.07) is 0.888. The predicted octanol–water partition coefficient (Wildman–Crippen LogP) is 0.312. The highest BCUT2D eigenvalue weighted by atomic mass is 32.2. The molecule has 0 aliphatic carbocycles. The normalized spacial score (nSPS) is 35.5. The minimum absolute atomic E-state index is 0.331. The average molecular weight is 200 g/mol. The Kier molecular flexibility index (Phi) is 2.79. The van der Waals surface area contributed by atoms with Crippen LogP contribution in [0.4, 0.5) is 0 Å². The van der Waals surface area contributed by atoms with Gasteiger partial charge >= 0.3 is 0 Å². The maximum absolute atomic E-state index is 11.7. The van der Waals surface area contributed by atoms with Gasteiger partial charge in [-0.1, -0.05) is 0 Å². The minimum atomic E-state index is 0.331. The summed E-state index contributed by atoms with van der Waals surface area (Å²) in [4.78, 5) is 13.8. The molecule has 2 aliphatic heterocycles. The van der Waals surface area contributed by atoms with E-state index < -0.39 is 0 Å². The molecule has 4 heteroatoms. The smallest absolute Gasteiger partial charge is 0.233 e. The quantitative estimate of drug-likeness (QED) is 0.661. The van der Waals surface area contributed by atoms with Crippen molar-refractivity contribution in [2.24, 2.45) is 0 Å². The van der Waals surface area contributed by atoms with Crippen molar-refractivity contribution < 1.29 is 4.79 Å². The van der Waals surface area contributed by atoms with Crippen LogP contribution in [0.25, 0.3) is 0 Å². The predicted molar refractivity (Wildman–Crippen MR) is 54.9 cm³/mol. The molecule has 1 N–H and O–H groups in total. The van der Waals surface area contributed by atoms with Crippen LogP contribution >= 0.6 is 11.8 Å². The van der Waals surface area contributed by atoms with Gasteiger partial charge < -0.3 is 10.2 Å². The number of carbonyl (C=O) groups excluding carboxylic acids is 1. The Morgan fingerprint density at radius 3 is 3.08 bits per heavy atom. The summed E-state index contributed by atoms with van der Waals surface area (Å²) in [5.41, 5.74) is 0. The van der Waals surface area contributed by atoms with E-state index in [1.54, 1.807) is 11.8 Å². The molecule has 2 rings (SSSR count). The van der Waals surface area contributed by atoms with Crippen molar-refractivity contribution in [3.63, 3.8) is 0 Å². The lowest BCUT2D eigenvalue weighted by atomic mass is 10.1. The number of nitrogens with one attached hydrogen (secondary N) is 1. The van der Waals surface area contributed by atoms with Gasteiger partial charge in [0.15, 0.2) is 0 Å². The molecule has 2 fully saturated rings. The number of carbonyl (C=O) groups is 1. The number of hydrogen-bond acceptors (Lipinski definition) is 3. The van der Waals surface area contributed by atoms with Crippen molar-refractivity contribution in [3.8, 4) is 0 Å². The number of thioether (sulfide) groups is 1. The van der Waals surface area contributed by atoms with Gasteiger partial charge in [0.25, 0.3) is 0 Å². The second-order valence-electron chi connectivity index (χ2n) is 3.81. The van der Waals surface area contributed by atoms with E-state index in [1.165, 1.54) is 0 Å². The fraction of sp³-hybridized carbons (Fsp3) is 0.889. The summed E-state index contributed by atoms with van der Waals surface area (Å²) in [5, 5.41) is 3.31. The zero-order valence-electron chi connectivity index (χ0n) is 7.95. The molecule has 0 saturated carbocycles. The van der Waals surface area contributed by atoms with E-state index in [2.05, 4.69) is 17.1 Å². The average Bonchev–Trinajstić information content (AvgIpc) is 2.57. The van der Waals surface area contributed by atoms with Crippen molar-refractivity contribution in [1.82, 2.24) is 10.2 Å². The molecule has 0 aromatic rings. The maximum atomic E-state index is 11.7. The highest BCUT2D eigenvalue weighted by Gasteiger charge is 2.32. The van der Waals surface area contributed by atoms with Gasteiger partial charge in [-0.05, 0) is 19.9 Å². The Hall–Kier alpha value is -0.220. The summed E-state index contributed by atoms with van der Waals surface area (Å²) in [7, 11) is 0. The van der Waals surface area contributed by atoms with Crippen LogP contribution in [-0.2, 0) is 4.79 Å². The highest BCUT2D eigenvalue weighted by molar-refractivity contribution is 8.00. The number of nitrogens with zero attached hydrogens (tertiary/aromatic N) is 1. The Bertz CT molecular complexity index is 204. The zero-order chi connectivity index (χ0) is 9.26. The van der Waals surface area contributed by atoms with E-state index in [1.807, 2.05) is 0 Å². The van der Waals surface area contributed by atoms with Crippen LogP contribution in [0.5, 0.6) is 0 Å².